The summed E-state index contributed by atoms with van der Waals surface area (Å²) in [5.74, 6) is 8.50. The van der Waals surface area contributed by atoms with Crippen LogP contribution in [-0.2, 0) is 13.3 Å². The second kappa shape index (κ2) is 26.8. The van der Waals surface area contributed by atoms with Crippen LogP contribution in [0.4, 0.5) is 0 Å². The molecule has 49 heavy (non-hydrogen) atoms. The third kappa shape index (κ3) is 17.6. The fraction of sp³-hybridized carbons (Fsp3) is 1.00. The molecule has 0 aromatic rings. The highest BCUT2D eigenvalue weighted by molar-refractivity contribution is 6.60. The van der Waals surface area contributed by atoms with E-state index in [1.165, 1.54) is 141 Å². The lowest BCUT2D eigenvalue weighted by Gasteiger charge is -2.49. The predicted molar refractivity (Wildman–Crippen MR) is 216 cm³/mol. The molecule has 0 bridgehead atoms. The fourth-order valence-electron chi connectivity index (χ4n) is 10.3. The van der Waals surface area contributed by atoms with Crippen LogP contribution in [0.5, 0.6) is 0 Å². The number of hydrogen-bond donors (Lipinski definition) is 1. The van der Waals surface area contributed by atoms with Crippen LogP contribution < -0.4 is 5.32 Å². The first-order valence-corrected chi connectivity index (χ1v) is 24.0. The van der Waals surface area contributed by atoms with Gasteiger partial charge in [-0.1, -0.05) is 144 Å². The van der Waals surface area contributed by atoms with E-state index in [2.05, 4.69) is 46.9 Å². The van der Waals surface area contributed by atoms with E-state index in [4.69, 9.17) is 13.3 Å². The highest BCUT2D eigenvalue weighted by atomic mass is 28.4. The fourth-order valence-corrected chi connectivity index (χ4v) is 12.0. The molecule has 0 spiro atoms. The van der Waals surface area contributed by atoms with Gasteiger partial charge in [0.25, 0.3) is 0 Å². The zero-order valence-electron chi connectivity index (χ0n) is 34.8. The molecule has 0 aromatic carbocycles. The van der Waals surface area contributed by atoms with Crippen molar-refractivity contribution in [3.05, 3.63) is 0 Å². The van der Waals surface area contributed by atoms with Gasteiger partial charge in [-0.05, 0) is 111 Å². The van der Waals surface area contributed by atoms with Crippen LogP contribution in [0.3, 0.4) is 0 Å². The molecule has 6 atom stereocenters. The van der Waals surface area contributed by atoms with Gasteiger partial charge < -0.3 is 18.6 Å². The maximum Gasteiger partial charge on any atom is 0.500 e. The van der Waals surface area contributed by atoms with Crippen molar-refractivity contribution < 1.29 is 13.3 Å². The summed E-state index contributed by atoms with van der Waals surface area (Å²) in [5, 5.41) is 3.58. The number of nitrogens with one attached hydrogen (secondary N) is 1. The van der Waals surface area contributed by atoms with Gasteiger partial charge in [-0.25, -0.2) is 0 Å². The molecule has 5 heteroatoms. The quantitative estimate of drug-likeness (QED) is 0.0620. The van der Waals surface area contributed by atoms with Crippen LogP contribution in [0.25, 0.3) is 0 Å². The van der Waals surface area contributed by atoms with E-state index in [9.17, 15) is 0 Å². The Hall–Kier alpha value is 0.0569. The average Bonchev–Trinajstić information content (AvgIpc) is 3.08. The minimum atomic E-state index is -2.40. The van der Waals surface area contributed by atoms with E-state index in [0.717, 1.165) is 78.8 Å². The Morgan fingerprint density at radius 3 is 1.24 bits per heavy atom. The van der Waals surface area contributed by atoms with Gasteiger partial charge in [-0.2, -0.15) is 0 Å². The van der Waals surface area contributed by atoms with Crippen LogP contribution in [0.2, 0.25) is 6.04 Å². The second-order valence-corrected chi connectivity index (χ2v) is 21.0. The molecule has 0 aliphatic heterocycles. The predicted octanol–water partition coefficient (Wildman–Crippen LogP) is 13.1. The van der Waals surface area contributed by atoms with E-state index < -0.39 is 8.80 Å². The van der Waals surface area contributed by atoms with Gasteiger partial charge in [0.1, 0.15) is 0 Å². The maximum atomic E-state index is 5.50. The molecule has 0 amide bonds. The monoisotopic (exact) mass is 708 g/mol. The number of unbranched alkanes of at least 4 members (excludes halogenated alkanes) is 14. The average molecular weight is 708 g/mol. The minimum absolute atomic E-state index is 0.857. The van der Waals surface area contributed by atoms with Crippen LogP contribution in [-0.4, -0.2) is 43.2 Å². The normalized spacial score (nSPS) is 25.8. The zero-order chi connectivity index (χ0) is 35.9. The van der Waals surface area contributed by atoms with Crippen molar-refractivity contribution in [1.29, 1.82) is 0 Å². The van der Waals surface area contributed by atoms with Gasteiger partial charge in [-0.3, -0.25) is 0 Å². The summed E-state index contributed by atoms with van der Waals surface area (Å²) in [5.41, 5.74) is 0. The molecule has 0 aromatic heterocycles. The van der Waals surface area contributed by atoms with Gasteiger partial charge in [0.15, 0.2) is 0 Å². The van der Waals surface area contributed by atoms with E-state index >= 15 is 0 Å². The molecule has 2 fully saturated rings. The summed E-state index contributed by atoms with van der Waals surface area (Å²) >= 11 is 0. The summed E-state index contributed by atoms with van der Waals surface area (Å²) in [4.78, 5) is 0. The first-order valence-electron chi connectivity index (χ1n) is 22.0. The summed E-state index contributed by atoms with van der Waals surface area (Å²) < 4.78 is 16.5. The molecule has 0 saturated heterocycles. The molecule has 4 nitrogen and oxygen atoms in total. The largest absolute Gasteiger partial charge is 0.500 e. The highest BCUT2D eigenvalue weighted by Gasteiger charge is 2.43. The van der Waals surface area contributed by atoms with Crippen LogP contribution in [0, 0.1) is 53.3 Å². The minimum Gasteiger partial charge on any atom is -0.377 e. The Morgan fingerprint density at radius 1 is 0.490 bits per heavy atom. The van der Waals surface area contributed by atoms with Crippen molar-refractivity contribution in [1.82, 2.24) is 5.32 Å². The van der Waals surface area contributed by atoms with E-state index in [1.54, 1.807) is 21.3 Å². The Labute approximate surface area is 309 Å². The summed E-state index contributed by atoms with van der Waals surface area (Å²) in [7, 11) is 2.69. The first kappa shape index (κ1) is 45.2. The molecule has 2 aliphatic rings. The molecule has 2 saturated carbocycles. The van der Waals surface area contributed by atoms with Gasteiger partial charge in [0.2, 0.25) is 0 Å². The van der Waals surface area contributed by atoms with E-state index in [1.807, 2.05) is 0 Å². The Kier molecular flexibility index (Phi) is 24.7. The molecule has 2 aliphatic carbocycles. The van der Waals surface area contributed by atoms with E-state index in [-0.39, 0.29) is 0 Å². The van der Waals surface area contributed by atoms with E-state index in [0.29, 0.717) is 0 Å². The maximum absolute atomic E-state index is 5.50. The molecule has 292 valence electrons. The van der Waals surface area contributed by atoms with Crippen molar-refractivity contribution in [2.45, 2.75) is 195 Å². The number of rotatable bonds is 29. The third-order valence-electron chi connectivity index (χ3n) is 13.4. The third-order valence-corrected chi connectivity index (χ3v) is 16.2. The van der Waals surface area contributed by atoms with Crippen LogP contribution in [0.15, 0.2) is 0 Å². The molecular formula is C44H89NO3Si. The topological polar surface area (TPSA) is 39.7 Å². The first-order chi connectivity index (χ1) is 23.7. The van der Waals surface area contributed by atoms with Gasteiger partial charge in [0, 0.05) is 27.4 Å². The summed E-state index contributed by atoms with van der Waals surface area (Å²) in [6, 6.07) is 0.877. The Morgan fingerprint density at radius 2 is 0.857 bits per heavy atom. The van der Waals surface area contributed by atoms with Crippen molar-refractivity contribution >= 4 is 8.80 Å². The molecule has 2 rings (SSSR count). The van der Waals surface area contributed by atoms with Crippen molar-refractivity contribution in [2.75, 3.05) is 34.4 Å². The molecule has 1 N–H and O–H groups in total. The van der Waals surface area contributed by atoms with Crippen LogP contribution in [0.1, 0.15) is 189 Å². The van der Waals surface area contributed by atoms with Gasteiger partial charge in [-0.15, -0.1) is 0 Å². The molecular weight excluding hydrogens is 619 g/mol. The lowest BCUT2D eigenvalue weighted by atomic mass is 9.56. The lowest BCUT2D eigenvalue weighted by Crippen LogP contribution is -2.43. The standard InChI is InChI=1S/C44H89NO3Si/c1-36(2)40-29-27-38(5)34-43(40)42(44-35-39(6)28-30-41(44)37(3)4)26-23-21-19-17-15-13-11-10-12-14-16-18-20-22-24-31-45-32-25-33-49(46-7,47-8)48-9/h36-45H,10-35H2,1-9H3. The van der Waals surface area contributed by atoms with Crippen molar-refractivity contribution in [3.8, 4) is 0 Å². The molecule has 6 unspecified atom stereocenters. The van der Waals surface area contributed by atoms with Crippen molar-refractivity contribution in [3.63, 3.8) is 0 Å². The highest BCUT2D eigenvalue weighted by Crippen LogP contribution is 2.52. The van der Waals surface area contributed by atoms with Crippen LogP contribution >= 0.6 is 0 Å². The number of hydrogen-bond acceptors (Lipinski definition) is 4. The van der Waals surface area contributed by atoms with Crippen molar-refractivity contribution in [2.24, 2.45) is 53.3 Å². The Bertz CT molecular complexity index is 733. The second-order valence-electron chi connectivity index (χ2n) is 17.9. The lowest BCUT2D eigenvalue weighted by molar-refractivity contribution is 0.000914. The Balaban J connectivity index is 1.51. The smallest absolute Gasteiger partial charge is 0.377 e. The van der Waals surface area contributed by atoms with Gasteiger partial charge in [0.05, 0.1) is 0 Å². The molecule has 0 radical (unpaired) electrons. The SMILES string of the molecule is CO[Si](CCCNCCCCCCCCCCCCCCCCCC(C1CC(C)CCC1C(C)C)C1CC(C)CCC1C(C)C)(OC)OC. The summed E-state index contributed by atoms with van der Waals surface area (Å²) in [6.07, 6.45) is 33.1. The zero-order valence-corrected chi connectivity index (χ0v) is 35.8. The molecule has 0 heterocycles. The van der Waals surface area contributed by atoms with Gasteiger partial charge >= 0.3 is 8.80 Å². The summed E-state index contributed by atoms with van der Waals surface area (Å²) in [6.45, 7) is 17.4.